The fraction of sp³-hybridized carbons (Fsp3) is 0.333. The summed E-state index contributed by atoms with van der Waals surface area (Å²) in [5.74, 6) is -0.126. The maximum absolute atomic E-state index is 13.2. The van der Waals surface area contributed by atoms with E-state index in [1.807, 2.05) is 18.2 Å². The van der Waals surface area contributed by atoms with Gasteiger partial charge in [-0.15, -0.1) is 0 Å². The van der Waals surface area contributed by atoms with Crippen LogP contribution in [-0.4, -0.2) is 64.4 Å². The highest BCUT2D eigenvalue weighted by atomic mass is 127. The van der Waals surface area contributed by atoms with Gasteiger partial charge in [0.05, 0.1) is 18.2 Å². The van der Waals surface area contributed by atoms with Gasteiger partial charge in [-0.25, -0.2) is 9.97 Å². The molecule has 35 heavy (non-hydrogen) atoms. The predicted molar refractivity (Wildman–Crippen MR) is 136 cm³/mol. The van der Waals surface area contributed by atoms with E-state index in [9.17, 15) is 18.3 Å². The van der Waals surface area contributed by atoms with Crippen LogP contribution in [0.3, 0.4) is 0 Å². The number of aromatic nitrogens is 4. The maximum Gasteiger partial charge on any atom is 0.335 e. The van der Waals surface area contributed by atoms with E-state index in [1.54, 1.807) is 16.9 Å². The Labute approximate surface area is 220 Å². The summed E-state index contributed by atoms with van der Waals surface area (Å²) in [6.45, 7) is 0.399. The molecule has 14 heteroatoms. The molecule has 3 N–H and O–H groups in total. The Morgan fingerprint density at radius 2 is 2.14 bits per heavy atom. The number of halogens is 2. The highest BCUT2D eigenvalue weighted by Gasteiger charge is 2.37. The van der Waals surface area contributed by atoms with Gasteiger partial charge in [0, 0.05) is 34.1 Å². The van der Waals surface area contributed by atoms with Crippen molar-refractivity contribution >= 4 is 56.1 Å². The minimum Gasteiger partial charge on any atom is -0.390 e. The second kappa shape index (κ2) is 10.8. The highest BCUT2D eigenvalue weighted by molar-refractivity contribution is 14.1. The van der Waals surface area contributed by atoms with Crippen molar-refractivity contribution in [2.45, 2.75) is 37.6 Å². The Bertz CT molecular complexity index is 1340. The molecule has 3 aromatic rings. The molecule has 3 atom stereocenters. The largest absolute Gasteiger partial charge is 0.390 e. The third-order valence-corrected chi connectivity index (χ3v) is 7.52. The van der Waals surface area contributed by atoms with E-state index in [1.165, 1.54) is 19.6 Å². The summed E-state index contributed by atoms with van der Waals surface area (Å²) >= 11 is 8.48. The lowest BCUT2D eigenvalue weighted by atomic mass is 10.1. The number of nitrogens with one attached hydrogen (secondary N) is 2. The minimum atomic E-state index is -3.95. The van der Waals surface area contributed by atoms with Gasteiger partial charge in [0.2, 0.25) is 5.78 Å². The number of carbonyl (C=O) groups is 1. The van der Waals surface area contributed by atoms with Crippen LogP contribution in [-0.2, 0) is 21.0 Å². The molecular weight excluding hydrogens is 611 g/mol. The third-order valence-electron chi connectivity index (χ3n) is 5.48. The topological polar surface area (TPSA) is 148 Å². The molecule has 0 bridgehead atoms. The Morgan fingerprint density at radius 3 is 2.91 bits per heavy atom. The number of carbonyl (C=O) groups excluding carboxylic acids is 1. The normalized spacial score (nSPS) is 20.2. The number of aliphatic hydroxyl groups is 1. The molecule has 2 heterocycles. The first kappa shape index (κ1) is 25.9. The van der Waals surface area contributed by atoms with Crippen LogP contribution < -0.4 is 10.0 Å². The summed E-state index contributed by atoms with van der Waals surface area (Å²) in [7, 11) is -2.73. The summed E-state index contributed by atoms with van der Waals surface area (Å²) < 4.78 is 33.1. The number of nitrogens with zero attached hydrogens (tertiary/aromatic N) is 4. The quantitative estimate of drug-likeness (QED) is 0.238. The first-order chi connectivity index (χ1) is 16.6. The Kier molecular flexibility index (Phi) is 8.02. The summed E-state index contributed by atoms with van der Waals surface area (Å²) in [5.41, 5.74) is 1.28. The number of hydrogen-bond donors (Lipinski definition) is 3. The number of anilines is 1. The number of rotatable bonds is 9. The number of ketones is 1. The van der Waals surface area contributed by atoms with Gasteiger partial charge in [0.25, 0.3) is 0 Å². The average Bonchev–Trinajstić information content (AvgIpc) is 3.42. The van der Waals surface area contributed by atoms with Crippen molar-refractivity contribution in [1.29, 1.82) is 0 Å². The van der Waals surface area contributed by atoms with Crippen molar-refractivity contribution in [3.63, 3.8) is 0 Å². The number of aliphatic hydroxyl groups excluding tert-OH is 1. The molecule has 1 aromatic carbocycles. The van der Waals surface area contributed by atoms with E-state index in [4.69, 9.17) is 15.8 Å². The van der Waals surface area contributed by atoms with E-state index in [0.29, 0.717) is 11.6 Å². The SMILES string of the molecule is CNS(=O)(=O)O[C@@H]1C[C@H](Nc2ncncc2C(=O)c2ccn(Cc3cc(I)ccc3Cl)n2)C[C@@H]1O. The van der Waals surface area contributed by atoms with Gasteiger partial charge < -0.3 is 10.4 Å². The van der Waals surface area contributed by atoms with Gasteiger partial charge in [-0.2, -0.15) is 18.2 Å². The molecule has 186 valence electrons. The maximum atomic E-state index is 13.2. The second-order valence-electron chi connectivity index (χ2n) is 7.92. The zero-order valence-electron chi connectivity index (χ0n) is 18.4. The molecule has 0 unspecified atom stereocenters. The van der Waals surface area contributed by atoms with Crippen LogP contribution in [0.15, 0.2) is 43.0 Å². The lowest BCUT2D eigenvalue weighted by Crippen LogP contribution is -2.31. The lowest BCUT2D eigenvalue weighted by Gasteiger charge is -2.15. The highest BCUT2D eigenvalue weighted by Crippen LogP contribution is 2.28. The second-order valence-corrected chi connectivity index (χ2v) is 11.1. The van der Waals surface area contributed by atoms with Gasteiger partial charge in [-0.05, 0) is 65.3 Å². The molecule has 11 nitrogen and oxygen atoms in total. The monoisotopic (exact) mass is 632 g/mol. The van der Waals surface area contributed by atoms with Gasteiger partial charge in [0.1, 0.15) is 23.9 Å². The van der Waals surface area contributed by atoms with Crippen LogP contribution >= 0.6 is 34.2 Å². The zero-order valence-corrected chi connectivity index (χ0v) is 22.2. The first-order valence-corrected chi connectivity index (χ1v) is 13.4. The lowest BCUT2D eigenvalue weighted by molar-refractivity contribution is 0.0636. The molecule has 4 rings (SSSR count). The van der Waals surface area contributed by atoms with Gasteiger partial charge >= 0.3 is 10.3 Å². The van der Waals surface area contributed by atoms with Gasteiger partial charge in [-0.3, -0.25) is 13.7 Å². The van der Waals surface area contributed by atoms with Crippen molar-refractivity contribution in [3.05, 3.63) is 68.4 Å². The molecule has 0 aliphatic heterocycles. The summed E-state index contributed by atoms with van der Waals surface area (Å²) in [5, 5.41) is 18.3. The molecule has 1 fully saturated rings. The smallest absolute Gasteiger partial charge is 0.335 e. The molecule has 1 aliphatic carbocycles. The first-order valence-electron chi connectivity index (χ1n) is 10.5. The minimum absolute atomic E-state index is 0.199. The van der Waals surface area contributed by atoms with Gasteiger partial charge in [0.15, 0.2) is 0 Å². The fourth-order valence-electron chi connectivity index (χ4n) is 3.76. The zero-order chi connectivity index (χ0) is 25.2. The van der Waals surface area contributed by atoms with Crippen LogP contribution in [0.5, 0.6) is 0 Å². The third kappa shape index (κ3) is 6.34. The summed E-state index contributed by atoms with van der Waals surface area (Å²) in [6.07, 6.45) is 2.87. The molecule has 0 spiro atoms. The molecule has 2 aromatic heterocycles. The van der Waals surface area contributed by atoms with Crippen molar-refractivity contribution in [1.82, 2.24) is 24.5 Å². The standard InChI is InChI=1S/C21H22ClIN6O5S/c1-24-35(32,33)34-19-8-14(7-18(19)30)27-21-15(9-25-11-26-21)20(31)17-4-5-29(28-17)10-12-6-13(23)2-3-16(12)22/h2-6,9,11,14,18-19,24,30H,7-8,10H2,1H3,(H,25,26,27)/t14-,18+,19-/m1/s1. The molecule has 0 radical (unpaired) electrons. The Morgan fingerprint density at radius 1 is 1.34 bits per heavy atom. The van der Waals surface area contributed by atoms with Crippen molar-refractivity contribution in [3.8, 4) is 0 Å². The fourth-order valence-corrected chi connectivity index (χ4v) is 5.12. The van der Waals surface area contributed by atoms with Crippen LogP contribution in [0.25, 0.3) is 0 Å². The number of benzene rings is 1. The molecule has 1 aliphatic rings. The average molecular weight is 633 g/mol. The van der Waals surface area contributed by atoms with E-state index in [-0.39, 0.29) is 41.7 Å². The van der Waals surface area contributed by atoms with Crippen molar-refractivity contribution in [2.24, 2.45) is 0 Å². The van der Waals surface area contributed by atoms with Gasteiger partial charge in [-0.1, -0.05) is 11.6 Å². The van der Waals surface area contributed by atoms with Crippen LogP contribution in [0.1, 0.15) is 34.5 Å². The summed E-state index contributed by atoms with van der Waals surface area (Å²) in [6, 6.07) is 6.91. The van der Waals surface area contributed by atoms with Crippen molar-refractivity contribution in [2.75, 3.05) is 12.4 Å². The molecular formula is C21H22ClIN6O5S. The van der Waals surface area contributed by atoms with E-state index < -0.39 is 22.5 Å². The molecule has 0 amide bonds. The van der Waals surface area contributed by atoms with E-state index in [0.717, 1.165) is 9.13 Å². The predicted octanol–water partition coefficient (Wildman–Crippen LogP) is 2.00. The van der Waals surface area contributed by atoms with E-state index >= 15 is 0 Å². The molecule has 0 saturated heterocycles. The van der Waals surface area contributed by atoms with Crippen LogP contribution in [0, 0.1) is 3.57 Å². The van der Waals surface area contributed by atoms with E-state index in [2.05, 4.69) is 47.7 Å². The number of hydrogen-bond acceptors (Lipinski definition) is 9. The van der Waals surface area contributed by atoms with Crippen LogP contribution in [0.2, 0.25) is 5.02 Å². The molecule has 1 saturated carbocycles. The van der Waals surface area contributed by atoms with Crippen LogP contribution in [0.4, 0.5) is 5.82 Å². The Hall–Kier alpha value is -2.17. The Balaban J connectivity index is 1.48. The van der Waals surface area contributed by atoms with Crippen molar-refractivity contribution < 1.29 is 22.5 Å². The summed E-state index contributed by atoms with van der Waals surface area (Å²) in [4.78, 5) is 21.3.